The molecule has 8 nitrogen and oxygen atoms in total. The molecule has 1 aromatic heterocycles. The molecule has 0 saturated heterocycles. The zero-order chi connectivity index (χ0) is 20.6. The van der Waals surface area contributed by atoms with Crippen molar-refractivity contribution in [2.75, 3.05) is 19.7 Å². The standard InChI is InChI=1S/C17H19F3N4O4/c1-2-27-12-5-3-11(4-6-12)16-23-15(28-24-16)8-7-13(25)21-9-14(26)22-10-17(18,19)20/h3-6H,2,7-10H2,1H3,(H,21,25)(H,22,26). The largest absolute Gasteiger partial charge is 0.494 e. The van der Waals surface area contributed by atoms with E-state index in [2.05, 4.69) is 15.5 Å². The molecule has 2 amide bonds. The maximum Gasteiger partial charge on any atom is 0.405 e. The van der Waals surface area contributed by atoms with Crippen molar-refractivity contribution < 1.29 is 32.0 Å². The predicted molar refractivity (Wildman–Crippen MR) is 91.3 cm³/mol. The van der Waals surface area contributed by atoms with E-state index in [9.17, 15) is 22.8 Å². The molecule has 0 aliphatic carbocycles. The molecule has 28 heavy (non-hydrogen) atoms. The molecule has 0 aliphatic heterocycles. The van der Waals surface area contributed by atoms with E-state index in [1.54, 1.807) is 29.6 Å². The minimum atomic E-state index is -4.50. The van der Waals surface area contributed by atoms with E-state index in [1.807, 2.05) is 6.92 Å². The van der Waals surface area contributed by atoms with Gasteiger partial charge in [0, 0.05) is 18.4 Å². The van der Waals surface area contributed by atoms with Gasteiger partial charge in [-0.05, 0) is 31.2 Å². The van der Waals surface area contributed by atoms with Gasteiger partial charge in [0.25, 0.3) is 0 Å². The minimum Gasteiger partial charge on any atom is -0.494 e. The summed E-state index contributed by atoms with van der Waals surface area (Å²) in [4.78, 5) is 27.1. The Kier molecular flexibility index (Phi) is 7.36. The van der Waals surface area contributed by atoms with Crippen LogP contribution in [0.4, 0.5) is 13.2 Å². The topological polar surface area (TPSA) is 106 Å². The molecule has 1 heterocycles. The Balaban J connectivity index is 1.76. The lowest BCUT2D eigenvalue weighted by Gasteiger charge is -2.08. The highest BCUT2D eigenvalue weighted by molar-refractivity contribution is 5.84. The maximum absolute atomic E-state index is 12.0. The van der Waals surface area contributed by atoms with Crippen LogP contribution >= 0.6 is 0 Å². The van der Waals surface area contributed by atoms with Gasteiger partial charge in [0.1, 0.15) is 12.3 Å². The first kappa shape index (κ1) is 21.2. The Bertz CT molecular complexity index is 790. The highest BCUT2D eigenvalue weighted by Crippen LogP contribution is 2.20. The minimum absolute atomic E-state index is 0.0581. The normalized spacial score (nSPS) is 11.1. The van der Waals surface area contributed by atoms with E-state index in [4.69, 9.17) is 9.26 Å². The molecular weight excluding hydrogens is 381 g/mol. The van der Waals surface area contributed by atoms with Gasteiger partial charge in [-0.15, -0.1) is 0 Å². The third kappa shape index (κ3) is 7.25. The van der Waals surface area contributed by atoms with Crippen LogP contribution in [-0.4, -0.2) is 47.8 Å². The van der Waals surface area contributed by atoms with Crippen molar-refractivity contribution >= 4 is 11.8 Å². The second-order valence-electron chi connectivity index (χ2n) is 5.64. The second-order valence-corrected chi connectivity index (χ2v) is 5.64. The summed E-state index contributed by atoms with van der Waals surface area (Å²) < 4.78 is 46.3. The zero-order valence-electron chi connectivity index (χ0n) is 15.0. The van der Waals surface area contributed by atoms with Gasteiger partial charge in [0.05, 0.1) is 13.2 Å². The van der Waals surface area contributed by atoms with Crippen LogP contribution in [0.1, 0.15) is 19.2 Å². The third-order valence-electron chi connectivity index (χ3n) is 3.39. The first-order valence-corrected chi connectivity index (χ1v) is 8.43. The van der Waals surface area contributed by atoms with Gasteiger partial charge in [-0.1, -0.05) is 5.16 Å². The van der Waals surface area contributed by atoms with Crippen LogP contribution in [0.15, 0.2) is 28.8 Å². The molecular formula is C17H19F3N4O4. The van der Waals surface area contributed by atoms with E-state index < -0.39 is 31.1 Å². The van der Waals surface area contributed by atoms with E-state index in [1.165, 1.54) is 0 Å². The molecule has 0 unspecified atom stereocenters. The number of hydrogen-bond donors (Lipinski definition) is 2. The van der Waals surface area contributed by atoms with Crippen molar-refractivity contribution in [1.29, 1.82) is 0 Å². The summed E-state index contributed by atoms with van der Waals surface area (Å²) in [7, 11) is 0. The summed E-state index contributed by atoms with van der Waals surface area (Å²) >= 11 is 0. The molecule has 0 fully saturated rings. The number of rotatable bonds is 9. The first-order valence-electron chi connectivity index (χ1n) is 8.43. The van der Waals surface area contributed by atoms with Gasteiger partial charge < -0.3 is 19.9 Å². The van der Waals surface area contributed by atoms with E-state index in [0.29, 0.717) is 23.7 Å². The lowest BCUT2D eigenvalue weighted by molar-refractivity contribution is -0.138. The van der Waals surface area contributed by atoms with E-state index in [-0.39, 0.29) is 18.7 Å². The number of nitrogens with zero attached hydrogens (tertiary/aromatic N) is 2. The monoisotopic (exact) mass is 400 g/mol. The lowest BCUT2D eigenvalue weighted by atomic mass is 10.2. The van der Waals surface area contributed by atoms with Crippen molar-refractivity contribution in [3.8, 4) is 17.1 Å². The molecule has 2 aromatic rings. The van der Waals surface area contributed by atoms with Crippen molar-refractivity contribution in [3.05, 3.63) is 30.2 Å². The van der Waals surface area contributed by atoms with Crippen LogP contribution in [0, 0.1) is 0 Å². The van der Waals surface area contributed by atoms with Crippen LogP contribution in [-0.2, 0) is 16.0 Å². The SMILES string of the molecule is CCOc1ccc(-c2noc(CCC(=O)NCC(=O)NCC(F)(F)F)n2)cc1. The average Bonchev–Trinajstić information content (AvgIpc) is 3.12. The molecule has 2 N–H and O–H groups in total. The Morgan fingerprint density at radius 1 is 1.14 bits per heavy atom. The Hall–Kier alpha value is -3.11. The summed E-state index contributed by atoms with van der Waals surface area (Å²) in [5.74, 6) is -0.166. The number of aromatic nitrogens is 2. The number of carbonyl (C=O) groups excluding carboxylic acids is 2. The smallest absolute Gasteiger partial charge is 0.405 e. The fraction of sp³-hybridized carbons (Fsp3) is 0.412. The maximum atomic E-state index is 12.0. The molecule has 0 aliphatic rings. The first-order chi connectivity index (χ1) is 13.3. The Morgan fingerprint density at radius 2 is 1.86 bits per heavy atom. The third-order valence-corrected chi connectivity index (χ3v) is 3.39. The number of hydrogen-bond acceptors (Lipinski definition) is 6. The Labute approximate surface area is 158 Å². The quantitative estimate of drug-likeness (QED) is 0.666. The van der Waals surface area contributed by atoms with Crippen molar-refractivity contribution in [2.24, 2.45) is 0 Å². The molecule has 1 aromatic carbocycles. The van der Waals surface area contributed by atoms with Crippen LogP contribution in [0.5, 0.6) is 5.75 Å². The second kappa shape index (κ2) is 9.72. The molecule has 2 rings (SSSR count). The van der Waals surface area contributed by atoms with Gasteiger partial charge >= 0.3 is 6.18 Å². The molecule has 0 atom stereocenters. The van der Waals surface area contributed by atoms with Crippen LogP contribution in [0.3, 0.4) is 0 Å². The summed E-state index contributed by atoms with van der Waals surface area (Å²) in [5, 5.41) is 7.71. The van der Waals surface area contributed by atoms with E-state index in [0.717, 1.165) is 0 Å². The lowest BCUT2D eigenvalue weighted by Crippen LogP contribution is -2.40. The number of amides is 2. The van der Waals surface area contributed by atoms with Gasteiger partial charge in [0.15, 0.2) is 0 Å². The van der Waals surface area contributed by atoms with Gasteiger partial charge in [-0.2, -0.15) is 18.2 Å². The fourth-order valence-corrected chi connectivity index (χ4v) is 2.09. The number of carbonyl (C=O) groups is 2. The predicted octanol–water partition coefficient (Wildman–Crippen LogP) is 1.86. The fourth-order valence-electron chi connectivity index (χ4n) is 2.09. The summed E-state index contributed by atoms with van der Waals surface area (Å²) in [5.41, 5.74) is 0.712. The molecule has 0 radical (unpaired) electrons. The van der Waals surface area contributed by atoms with Crippen LogP contribution in [0.2, 0.25) is 0 Å². The van der Waals surface area contributed by atoms with E-state index >= 15 is 0 Å². The summed E-state index contributed by atoms with van der Waals surface area (Å²) in [6.45, 7) is 0.441. The molecule has 0 bridgehead atoms. The molecule has 0 saturated carbocycles. The van der Waals surface area contributed by atoms with Crippen molar-refractivity contribution in [1.82, 2.24) is 20.8 Å². The van der Waals surface area contributed by atoms with Crippen LogP contribution in [0.25, 0.3) is 11.4 Å². The number of nitrogens with one attached hydrogen (secondary N) is 2. The molecule has 11 heteroatoms. The number of aryl methyl sites for hydroxylation is 1. The van der Waals surface area contributed by atoms with Gasteiger partial charge in [0.2, 0.25) is 23.5 Å². The van der Waals surface area contributed by atoms with Gasteiger partial charge in [-0.25, -0.2) is 0 Å². The average molecular weight is 400 g/mol. The van der Waals surface area contributed by atoms with Crippen molar-refractivity contribution in [2.45, 2.75) is 25.9 Å². The highest BCUT2D eigenvalue weighted by Gasteiger charge is 2.27. The van der Waals surface area contributed by atoms with Gasteiger partial charge in [-0.3, -0.25) is 9.59 Å². The summed E-state index contributed by atoms with van der Waals surface area (Å²) in [6.07, 6.45) is -4.43. The molecule has 0 spiro atoms. The highest BCUT2D eigenvalue weighted by atomic mass is 19.4. The molecule has 152 valence electrons. The summed E-state index contributed by atoms with van der Waals surface area (Å²) in [6, 6.07) is 7.08. The van der Waals surface area contributed by atoms with Crippen LogP contribution < -0.4 is 15.4 Å². The number of ether oxygens (including phenoxy) is 1. The number of alkyl halides is 3. The number of benzene rings is 1. The van der Waals surface area contributed by atoms with Crippen molar-refractivity contribution in [3.63, 3.8) is 0 Å². The Morgan fingerprint density at radius 3 is 2.50 bits per heavy atom. The zero-order valence-corrected chi connectivity index (χ0v) is 15.0. The number of halogens is 3.